The van der Waals surface area contributed by atoms with Gasteiger partial charge in [0, 0.05) is 38.4 Å². The van der Waals surface area contributed by atoms with Crippen LogP contribution in [-0.4, -0.2) is 59.8 Å². The number of pyridine rings is 1. The number of aromatic nitrogens is 1. The molecule has 7 nitrogen and oxygen atoms in total. The van der Waals surface area contributed by atoms with Gasteiger partial charge in [-0.15, -0.1) is 0 Å². The molecule has 0 spiro atoms. The van der Waals surface area contributed by atoms with E-state index < -0.39 is 5.60 Å². The van der Waals surface area contributed by atoms with E-state index in [2.05, 4.69) is 20.6 Å². The van der Waals surface area contributed by atoms with Crippen molar-refractivity contribution in [1.82, 2.24) is 20.5 Å². The predicted molar refractivity (Wildman–Crippen MR) is 113 cm³/mol. The first kappa shape index (κ1) is 22.3. The molecule has 2 rings (SSSR count). The summed E-state index contributed by atoms with van der Waals surface area (Å²) in [6.07, 6.45) is 4.40. The van der Waals surface area contributed by atoms with E-state index >= 15 is 0 Å². The third kappa shape index (κ3) is 8.33. The summed E-state index contributed by atoms with van der Waals surface area (Å²) in [5.41, 5.74) is 0.610. The summed E-state index contributed by atoms with van der Waals surface area (Å²) in [6, 6.07) is 4.04. The Bertz CT molecular complexity index is 654. The number of guanidine groups is 1. The van der Waals surface area contributed by atoms with E-state index in [0.29, 0.717) is 30.8 Å². The monoisotopic (exact) mass is 409 g/mol. The Morgan fingerprint density at radius 1 is 1.36 bits per heavy atom. The number of carbonyl (C=O) groups excluding carboxylic acids is 1. The Labute approximate surface area is 172 Å². The molecule has 1 aromatic heterocycles. The van der Waals surface area contributed by atoms with E-state index in [9.17, 15) is 4.79 Å². The maximum Gasteiger partial charge on any atom is 0.410 e. The minimum absolute atomic E-state index is 0.242. The first-order valence-electron chi connectivity index (χ1n) is 9.90. The number of nitrogens with zero attached hydrogens (tertiary/aromatic N) is 3. The number of aliphatic imine (C=N–C) groups is 1. The average molecular weight is 410 g/mol. The molecular formula is C20H32ClN5O2. The third-order valence-corrected chi connectivity index (χ3v) is 4.29. The van der Waals surface area contributed by atoms with E-state index in [4.69, 9.17) is 16.3 Å². The molecule has 0 aromatic carbocycles. The molecule has 1 aliphatic rings. The second-order valence-corrected chi connectivity index (χ2v) is 8.22. The van der Waals surface area contributed by atoms with Gasteiger partial charge in [-0.3, -0.25) is 4.99 Å². The van der Waals surface area contributed by atoms with Gasteiger partial charge in [-0.25, -0.2) is 9.78 Å². The quantitative estimate of drug-likeness (QED) is 0.391. The summed E-state index contributed by atoms with van der Waals surface area (Å²) in [4.78, 5) is 22.9. The first-order chi connectivity index (χ1) is 13.3. The van der Waals surface area contributed by atoms with Crippen molar-refractivity contribution in [2.75, 3.05) is 26.2 Å². The standard InChI is InChI=1S/C20H32ClN5O2/c1-5-22-18(23-11-10-15-6-9-17(21)25-14-15)24-12-13-26(16-7-8-16)19(27)28-20(2,3)4/h6,9,14,16H,5,7-8,10-13H2,1-4H3,(H2,22,23,24). The Hall–Kier alpha value is -2.02. The van der Waals surface area contributed by atoms with Gasteiger partial charge in [-0.1, -0.05) is 17.7 Å². The SMILES string of the molecule is CCNC(=NCCc1ccc(Cl)nc1)NCCN(C(=O)OC(C)(C)C)C1CC1. The number of nitrogens with one attached hydrogen (secondary N) is 2. The molecular weight excluding hydrogens is 378 g/mol. The van der Waals surface area contributed by atoms with Crippen LogP contribution in [0.3, 0.4) is 0 Å². The molecule has 1 aliphatic carbocycles. The van der Waals surface area contributed by atoms with Gasteiger partial charge in [0.05, 0.1) is 0 Å². The highest BCUT2D eigenvalue weighted by molar-refractivity contribution is 6.29. The number of hydrogen-bond acceptors (Lipinski definition) is 4. The van der Waals surface area contributed by atoms with Crippen LogP contribution in [0, 0.1) is 0 Å². The van der Waals surface area contributed by atoms with Gasteiger partial charge in [0.15, 0.2) is 5.96 Å². The van der Waals surface area contributed by atoms with Crippen molar-refractivity contribution in [1.29, 1.82) is 0 Å². The second-order valence-electron chi connectivity index (χ2n) is 7.83. The van der Waals surface area contributed by atoms with E-state index in [1.165, 1.54) is 0 Å². The zero-order valence-electron chi connectivity index (χ0n) is 17.3. The summed E-state index contributed by atoms with van der Waals surface area (Å²) < 4.78 is 5.53. The topological polar surface area (TPSA) is 78.9 Å². The smallest absolute Gasteiger partial charge is 0.410 e. The fourth-order valence-electron chi connectivity index (χ4n) is 2.62. The van der Waals surface area contributed by atoms with Gasteiger partial charge in [0.2, 0.25) is 0 Å². The van der Waals surface area contributed by atoms with Crippen LogP contribution in [0.25, 0.3) is 0 Å². The molecule has 8 heteroatoms. The number of amides is 1. The van der Waals surface area contributed by atoms with Gasteiger partial charge in [-0.2, -0.15) is 0 Å². The maximum atomic E-state index is 12.4. The molecule has 0 bridgehead atoms. The molecule has 2 N–H and O–H groups in total. The van der Waals surface area contributed by atoms with Gasteiger partial charge in [0.1, 0.15) is 10.8 Å². The molecule has 1 fully saturated rings. The molecule has 0 aliphatic heterocycles. The summed E-state index contributed by atoms with van der Waals surface area (Å²) in [5.74, 6) is 0.740. The molecule has 1 amide bonds. The Morgan fingerprint density at radius 3 is 2.68 bits per heavy atom. The van der Waals surface area contributed by atoms with E-state index in [-0.39, 0.29) is 6.09 Å². The third-order valence-electron chi connectivity index (χ3n) is 4.06. The van der Waals surface area contributed by atoms with E-state index in [1.807, 2.05) is 38.7 Å². The summed E-state index contributed by atoms with van der Waals surface area (Å²) in [5, 5.41) is 7.02. The van der Waals surface area contributed by atoms with Crippen molar-refractivity contribution in [2.45, 2.75) is 58.6 Å². The fraction of sp³-hybridized carbons (Fsp3) is 0.650. The summed E-state index contributed by atoms with van der Waals surface area (Å²) >= 11 is 5.81. The summed E-state index contributed by atoms with van der Waals surface area (Å²) in [6.45, 7) is 10.3. The second kappa shape index (κ2) is 10.5. The van der Waals surface area contributed by atoms with Crippen molar-refractivity contribution < 1.29 is 9.53 Å². The number of hydrogen-bond donors (Lipinski definition) is 2. The Balaban J connectivity index is 1.82. The van der Waals surface area contributed by atoms with Crippen molar-refractivity contribution in [3.05, 3.63) is 29.0 Å². The van der Waals surface area contributed by atoms with Crippen LogP contribution >= 0.6 is 11.6 Å². The number of ether oxygens (including phenoxy) is 1. The van der Waals surface area contributed by atoms with Crippen molar-refractivity contribution in [3.63, 3.8) is 0 Å². The van der Waals surface area contributed by atoms with Crippen molar-refractivity contribution >= 4 is 23.7 Å². The van der Waals surface area contributed by atoms with Crippen LogP contribution in [0.4, 0.5) is 4.79 Å². The van der Waals surface area contributed by atoms with Crippen LogP contribution < -0.4 is 10.6 Å². The zero-order valence-corrected chi connectivity index (χ0v) is 18.1. The van der Waals surface area contributed by atoms with Crippen LogP contribution in [0.2, 0.25) is 5.15 Å². The lowest BCUT2D eigenvalue weighted by Gasteiger charge is -2.27. The van der Waals surface area contributed by atoms with Crippen LogP contribution in [0.1, 0.15) is 46.1 Å². The van der Waals surface area contributed by atoms with Crippen molar-refractivity contribution in [3.8, 4) is 0 Å². The number of halogens is 1. The van der Waals surface area contributed by atoms with Crippen LogP contribution in [0.15, 0.2) is 23.3 Å². The highest BCUT2D eigenvalue weighted by Gasteiger charge is 2.34. The maximum absolute atomic E-state index is 12.4. The lowest BCUT2D eigenvalue weighted by Crippen LogP contribution is -2.45. The number of rotatable bonds is 8. The highest BCUT2D eigenvalue weighted by atomic mass is 35.5. The van der Waals surface area contributed by atoms with Crippen molar-refractivity contribution in [2.24, 2.45) is 4.99 Å². The largest absolute Gasteiger partial charge is 0.444 e. The molecule has 1 aromatic rings. The molecule has 0 saturated heterocycles. The zero-order chi connectivity index (χ0) is 20.6. The molecule has 0 unspecified atom stereocenters. The van der Waals surface area contributed by atoms with Gasteiger partial charge >= 0.3 is 6.09 Å². The van der Waals surface area contributed by atoms with Gasteiger partial charge in [-0.05, 0) is 58.6 Å². The first-order valence-corrected chi connectivity index (χ1v) is 10.3. The molecule has 0 atom stereocenters. The van der Waals surface area contributed by atoms with Gasteiger partial charge in [0.25, 0.3) is 0 Å². The lowest BCUT2D eigenvalue weighted by atomic mass is 10.2. The molecule has 1 heterocycles. The van der Waals surface area contributed by atoms with E-state index in [0.717, 1.165) is 37.3 Å². The molecule has 156 valence electrons. The molecule has 0 radical (unpaired) electrons. The minimum atomic E-state index is -0.482. The minimum Gasteiger partial charge on any atom is -0.444 e. The Morgan fingerprint density at radius 2 is 2.11 bits per heavy atom. The predicted octanol–water partition coefficient (Wildman–Crippen LogP) is 3.23. The Kier molecular flexibility index (Phi) is 8.35. The fourth-order valence-corrected chi connectivity index (χ4v) is 2.73. The van der Waals surface area contributed by atoms with Gasteiger partial charge < -0.3 is 20.3 Å². The average Bonchev–Trinajstić information content (AvgIpc) is 3.43. The van der Waals surface area contributed by atoms with E-state index in [1.54, 1.807) is 12.3 Å². The number of carbonyl (C=O) groups is 1. The molecule has 1 saturated carbocycles. The highest BCUT2D eigenvalue weighted by Crippen LogP contribution is 2.28. The lowest BCUT2D eigenvalue weighted by molar-refractivity contribution is 0.0238. The normalized spacial score (nSPS) is 14.5. The van der Waals surface area contributed by atoms with Crippen LogP contribution in [0.5, 0.6) is 0 Å². The van der Waals surface area contributed by atoms with Crippen LogP contribution in [-0.2, 0) is 11.2 Å². The summed E-state index contributed by atoms with van der Waals surface area (Å²) in [7, 11) is 0. The molecule has 28 heavy (non-hydrogen) atoms.